The molecule has 8 heteroatoms. The van der Waals surface area contributed by atoms with E-state index in [1.165, 1.54) is 14.0 Å². The molecule has 0 fully saturated rings. The van der Waals surface area contributed by atoms with Crippen molar-refractivity contribution in [3.8, 4) is 0 Å². The van der Waals surface area contributed by atoms with Gasteiger partial charge in [0.25, 0.3) is 0 Å². The molecular weight excluding hydrogens is 297 g/mol. The smallest absolute Gasteiger partial charge is 0.336 e. The number of carbonyl (C=O) groups is 1. The highest BCUT2D eigenvalue weighted by molar-refractivity contribution is 7.89. The van der Waals surface area contributed by atoms with E-state index < -0.39 is 22.7 Å². The van der Waals surface area contributed by atoms with Crippen molar-refractivity contribution in [2.75, 3.05) is 20.3 Å². The monoisotopic (exact) mass is 309 g/mol. The average Bonchev–Trinajstić information content (AvgIpc) is 2.32. The quantitative estimate of drug-likeness (QED) is 0.902. The van der Waals surface area contributed by atoms with E-state index in [-0.39, 0.29) is 27.6 Å². The molecule has 0 heterocycles. The van der Waals surface area contributed by atoms with Gasteiger partial charge in [0, 0.05) is 18.6 Å². The Morgan fingerprint density at radius 1 is 1.47 bits per heavy atom. The number of carboxylic acids is 1. The molecule has 0 spiro atoms. The summed E-state index contributed by atoms with van der Waals surface area (Å²) < 4.78 is 37.2. The van der Waals surface area contributed by atoms with Gasteiger partial charge < -0.3 is 5.11 Å². The van der Waals surface area contributed by atoms with Gasteiger partial charge in [0.05, 0.1) is 10.5 Å². The number of alkyl halides is 1. The Hall–Kier alpha value is -1.18. The van der Waals surface area contributed by atoms with Crippen molar-refractivity contribution in [2.45, 2.75) is 11.8 Å². The summed E-state index contributed by atoms with van der Waals surface area (Å²) in [6, 6.07) is 2.18. The summed E-state index contributed by atoms with van der Waals surface area (Å²) in [6.07, 6.45) is 0. The summed E-state index contributed by atoms with van der Waals surface area (Å²) in [5.74, 6) is -1.27. The van der Waals surface area contributed by atoms with E-state index in [0.29, 0.717) is 0 Å². The molecule has 1 N–H and O–H groups in total. The zero-order chi connectivity index (χ0) is 14.8. The summed E-state index contributed by atoms with van der Waals surface area (Å²) in [5, 5.41) is 9.03. The number of sulfonamides is 1. The van der Waals surface area contributed by atoms with E-state index in [4.69, 9.17) is 16.7 Å². The van der Waals surface area contributed by atoms with Gasteiger partial charge in [-0.3, -0.25) is 0 Å². The fourth-order valence-electron chi connectivity index (χ4n) is 1.44. The molecule has 0 aliphatic rings. The van der Waals surface area contributed by atoms with Gasteiger partial charge >= 0.3 is 5.97 Å². The van der Waals surface area contributed by atoms with Gasteiger partial charge in [-0.15, -0.1) is 0 Å². The van der Waals surface area contributed by atoms with Crippen LogP contribution in [-0.2, 0) is 10.0 Å². The summed E-state index contributed by atoms with van der Waals surface area (Å²) >= 11 is 5.83. The third-order valence-corrected chi connectivity index (χ3v) is 4.88. The first-order chi connectivity index (χ1) is 8.71. The number of nitrogens with zero attached hydrogens (tertiary/aromatic N) is 1. The molecule has 19 heavy (non-hydrogen) atoms. The van der Waals surface area contributed by atoms with E-state index in [0.717, 1.165) is 16.4 Å². The summed E-state index contributed by atoms with van der Waals surface area (Å²) in [6.45, 7) is 0.338. The molecule has 0 amide bonds. The van der Waals surface area contributed by atoms with Gasteiger partial charge in [-0.25, -0.2) is 17.6 Å². The van der Waals surface area contributed by atoms with E-state index in [2.05, 4.69) is 0 Å². The van der Waals surface area contributed by atoms with Crippen LogP contribution >= 0.6 is 11.6 Å². The molecule has 1 aromatic rings. The first-order valence-electron chi connectivity index (χ1n) is 5.27. The second kappa shape index (κ2) is 5.85. The molecule has 1 aromatic carbocycles. The van der Waals surface area contributed by atoms with E-state index in [1.54, 1.807) is 0 Å². The zero-order valence-electron chi connectivity index (χ0n) is 10.4. The van der Waals surface area contributed by atoms with Gasteiger partial charge in [-0.1, -0.05) is 11.6 Å². The third kappa shape index (κ3) is 3.23. The van der Waals surface area contributed by atoms with Crippen LogP contribution in [0, 0.1) is 6.92 Å². The van der Waals surface area contributed by atoms with Crippen molar-refractivity contribution in [1.82, 2.24) is 4.31 Å². The maximum Gasteiger partial charge on any atom is 0.336 e. The number of benzene rings is 1. The van der Waals surface area contributed by atoms with E-state index >= 15 is 0 Å². The van der Waals surface area contributed by atoms with Crippen LogP contribution in [0.3, 0.4) is 0 Å². The molecule has 5 nitrogen and oxygen atoms in total. The van der Waals surface area contributed by atoms with Crippen molar-refractivity contribution >= 4 is 27.6 Å². The largest absolute Gasteiger partial charge is 0.478 e. The fraction of sp³-hybridized carbons (Fsp3) is 0.364. The highest BCUT2D eigenvalue weighted by Gasteiger charge is 2.24. The Kier molecular flexibility index (Phi) is 4.89. The predicted octanol–water partition coefficient (Wildman–Crippen LogP) is 1.94. The standard InChI is InChI=1S/C11H13ClFNO4S/c1-7-9(11(15)16)5-8(6-10(7)12)19(17,18)14(2)4-3-13/h5-6H,3-4H2,1-2H3,(H,15,16). The average molecular weight is 310 g/mol. The molecule has 0 unspecified atom stereocenters. The molecule has 0 saturated heterocycles. The van der Waals surface area contributed by atoms with Gasteiger partial charge in [0.1, 0.15) is 6.67 Å². The lowest BCUT2D eigenvalue weighted by molar-refractivity contribution is 0.0696. The van der Waals surface area contributed by atoms with E-state index in [9.17, 15) is 17.6 Å². The predicted molar refractivity (Wildman–Crippen MR) is 68.9 cm³/mol. The van der Waals surface area contributed by atoms with Crippen LogP contribution in [0.2, 0.25) is 5.02 Å². The van der Waals surface area contributed by atoms with Crippen molar-refractivity contribution in [3.63, 3.8) is 0 Å². The van der Waals surface area contributed by atoms with Crippen molar-refractivity contribution < 1.29 is 22.7 Å². The topological polar surface area (TPSA) is 74.7 Å². The van der Waals surface area contributed by atoms with Crippen LogP contribution in [0.4, 0.5) is 4.39 Å². The first kappa shape index (κ1) is 15.9. The van der Waals surface area contributed by atoms with Gasteiger partial charge in [-0.2, -0.15) is 4.31 Å². The zero-order valence-corrected chi connectivity index (χ0v) is 11.9. The highest BCUT2D eigenvalue weighted by Crippen LogP contribution is 2.26. The van der Waals surface area contributed by atoms with Crippen LogP contribution in [0.1, 0.15) is 15.9 Å². The molecule has 0 aliphatic heterocycles. The Bertz CT molecular complexity index is 603. The molecule has 106 valence electrons. The molecule has 0 aliphatic carbocycles. The summed E-state index contributed by atoms with van der Waals surface area (Å²) in [5.41, 5.74) is 0.0842. The number of carboxylic acid groups (broad SMARTS) is 1. The maximum absolute atomic E-state index is 12.2. The Balaban J connectivity index is 3.40. The molecule has 1 rings (SSSR count). The van der Waals surface area contributed by atoms with Crippen molar-refractivity contribution in [2.24, 2.45) is 0 Å². The molecule has 0 bridgehead atoms. The Morgan fingerprint density at radius 3 is 2.53 bits per heavy atom. The third-order valence-electron chi connectivity index (χ3n) is 2.66. The second-order valence-electron chi connectivity index (χ2n) is 3.90. The number of hydrogen-bond acceptors (Lipinski definition) is 3. The van der Waals surface area contributed by atoms with Crippen molar-refractivity contribution in [3.05, 3.63) is 28.3 Å². The van der Waals surface area contributed by atoms with Crippen LogP contribution in [-0.4, -0.2) is 44.1 Å². The molecular formula is C11H13ClFNO4S. The van der Waals surface area contributed by atoms with Gasteiger partial charge in [0.2, 0.25) is 10.0 Å². The lowest BCUT2D eigenvalue weighted by atomic mass is 10.1. The Labute approximate surface area is 115 Å². The molecule has 0 aromatic heterocycles. The van der Waals surface area contributed by atoms with Gasteiger partial charge in [0.15, 0.2) is 0 Å². The van der Waals surface area contributed by atoms with Crippen molar-refractivity contribution in [1.29, 1.82) is 0 Å². The van der Waals surface area contributed by atoms with Crippen LogP contribution in [0.5, 0.6) is 0 Å². The van der Waals surface area contributed by atoms with Gasteiger partial charge in [-0.05, 0) is 24.6 Å². The Morgan fingerprint density at radius 2 is 2.05 bits per heavy atom. The maximum atomic E-state index is 12.2. The SMILES string of the molecule is Cc1c(Cl)cc(S(=O)(=O)N(C)CCF)cc1C(=O)O. The first-order valence-corrected chi connectivity index (χ1v) is 7.09. The minimum atomic E-state index is -3.95. The minimum Gasteiger partial charge on any atom is -0.478 e. The number of rotatable bonds is 5. The normalized spacial score (nSPS) is 11.8. The van der Waals surface area contributed by atoms with Crippen LogP contribution in [0.25, 0.3) is 0 Å². The molecule has 0 saturated carbocycles. The fourth-order valence-corrected chi connectivity index (χ4v) is 2.93. The second-order valence-corrected chi connectivity index (χ2v) is 6.35. The number of aromatic carboxylic acids is 1. The van der Waals surface area contributed by atoms with E-state index in [1.807, 2.05) is 0 Å². The minimum absolute atomic E-state index is 0.0344. The van der Waals surface area contributed by atoms with Crippen LogP contribution in [0.15, 0.2) is 17.0 Å². The molecule has 0 radical (unpaired) electrons. The lowest BCUT2D eigenvalue weighted by Crippen LogP contribution is -2.29. The number of hydrogen-bond donors (Lipinski definition) is 1. The highest BCUT2D eigenvalue weighted by atomic mass is 35.5. The summed E-state index contributed by atoms with van der Waals surface area (Å²) in [7, 11) is -2.74. The molecule has 0 atom stereocenters. The lowest BCUT2D eigenvalue weighted by Gasteiger charge is -2.16. The van der Waals surface area contributed by atoms with Crippen LogP contribution < -0.4 is 0 Å². The number of halogens is 2. The summed E-state index contributed by atoms with van der Waals surface area (Å²) in [4.78, 5) is 10.8.